The number of carbonyl (C=O) groups is 1. The fraction of sp³-hybridized carbons (Fsp3) is 0.688. The van der Waals surface area contributed by atoms with Crippen LogP contribution in [0.25, 0.3) is 0 Å². The second-order valence-corrected chi connectivity index (χ2v) is 6.95. The first-order valence-corrected chi connectivity index (χ1v) is 8.50. The number of thiophene rings is 1. The van der Waals surface area contributed by atoms with E-state index >= 15 is 0 Å². The van der Waals surface area contributed by atoms with Gasteiger partial charge in [-0.3, -0.25) is 4.79 Å². The topological polar surface area (TPSA) is 49.3 Å². The van der Waals surface area contributed by atoms with Gasteiger partial charge in [0, 0.05) is 12.5 Å². The van der Waals surface area contributed by atoms with Gasteiger partial charge in [0.1, 0.15) is 0 Å². The summed E-state index contributed by atoms with van der Waals surface area (Å²) in [5.41, 5.74) is 0.888. The van der Waals surface area contributed by atoms with Crippen LogP contribution in [0.3, 0.4) is 0 Å². The summed E-state index contributed by atoms with van der Waals surface area (Å²) in [4.78, 5) is 12.1. The fourth-order valence-electron chi connectivity index (χ4n) is 2.97. The molecule has 1 unspecified atom stereocenters. The fourth-order valence-corrected chi connectivity index (χ4v) is 3.68. The normalized spacial score (nSPS) is 24.6. The second kappa shape index (κ2) is 7.23. The van der Waals surface area contributed by atoms with Crippen LogP contribution < -0.4 is 5.32 Å². The molecule has 0 radical (unpaired) electrons. The van der Waals surface area contributed by atoms with E-state index in [1.807, 2.05) is 16.8 Å². The van der Waals surface area contributed by atoms with Crippen molar-refractivity contribution in [3.63, 3.8) is 0 Å². The average Bonchev–Trinajstić information content (AvgIpc) is 2.98. The molecule has 4 heteroatoms. The molecule has 1 saturated carbocycles. The highest BCUT2D eigenvalue weighted by Gasteiger charge is 2.27. The lowest BCUT2D eigenvalue weighted by Gasteiger charge is -2.30. The number of carbonyl (C=O) groups excluding carboxylic acids is 1. The molecule has 2 rings (SSSR count). The quantitative estimate of drug-likeness (QED) is 0.875. The smallest absolute Gasteiger partial charge is 0.223 e. The van der Waals surface area contributed by atoms with Crippen molar-refractivity contribution in [3.05, 3.63) is 22.4 Å². The second-order valence-electron chi connectivity index (χ2n) is 6.17. The van der Waals surface area contributed by atoms with Crippen LogP contribution in [-0.4, -0.2) is 17.6 Å². The maximum absolute atomic E-state index is 12.1. The van der Waals surface area contributed by atoms with Gasteiger partial charge in [0.25, 0.3) is 0 Å². The van der Waals surface area contributed by atoms with Crippen molar-refractivity contribution in [3.8, 4) is 0 Å². The Bertz CT molecular complexity index is 408. The molecule has 0 aliphatic heterocycles. The first-order chi connectivity index (χ1) is 9.58. The highest BCUT2D eigenvalue weighted by molar-refractivity contribution is 7.07. The van der Waals surface area contributed by atoms with E-state index in [-0.39, 0.29) is 11.8 Å². The lowest BCUT2D eigenvalue weighted by Crippen LogP contribution is -2.36. The third kappa shape index (κ3) is 4.06. The van der Waals surface area contributed by atoms with Crippen molar-refractivity contribution in [2.24, 2.45) is 17.8 Å². The number of amides is 1. The molecule has 1 aromatic rings. The van der Waals surface area contributed by atoms with Gasteiger partial charge in [-0.2, -0.15) is 11.3 Å². The van der Waals surface area contributed by atoms with E-state index in [9.17, 15) is 9.90 Å². The molecular weight excluding hydrogens is 270 g/mol. The molecule has 20 heavy (non-hydrogen) atoms. The van der Waals surface area contributed by atoms with Gasteiger partial charge in [-0.25, -0.2) is 0 Å². The lowest BCUT2D eigenvalue weighted by molar-refractivity contribution is -0.126. The lowest BCUT2D eigenvalue weighted by atomic mass is 9.77. The number of rotatable bonds is 5. The van der Waals surface area contributed by atoms with Gasteiger partial charge in [0.15, 0.2) is 0 Å². The van der Waals surface area contributed by atoms with Crippen LogP contribution in [-0.2, 0) is 4.79 Å². The van der Waals surface area contributed by atoms with Crippen LogP contribution in [0.2, 0.25) is 0 Å². The maximum atomic E-state index is 12.1. The van der Waals surface area contributed by atoms with Crippen LogP contribution in [0.15, 0.2) is 16.8 Å². The predicted molar refractivity (Wildman–Crippen MR) is 82.6 cm³/mol. The van der Waals surface area contributed by atoms with E-state index < -0.39 is 6.10 Å². The minimum absolute atomic E-state index is 0.112. The van der Waals surface area contributed by atoms with Crippen LogP contribution in [0.1, 0.15) is 51.2 Å². The Balaban J connectivity index is 1.73. The molecule has 0 aromatic carbocycles. The Kier molecular flexibility index (Phi) is 5.61. The number of aliphatic hydroxyl groups excluding tert-OH is 1. The first-order valence-electron chi connectivity index (χ1n) is 7.55. The zero-order valence-corrected chi connectivity index (χ0v) is 13.2. The van der Waals surface area contributed by atoms with E-state index in [1.165, 1.54) is 0 Å². The van der Waals surface area contributed by atoms with Gasteiger partial charge in [0.2, 0.25) is 5.91 Å². The molecule has 1 heterocycles. The van der Waals surface area contributed by atoms with Gasteiger partial charge in [-0.1, -0.05) is 13.8 Å². The average molecular weight is 295 g/mol. The summed E-state index contributed by atoms with van der Waals surface area (Å²) < 4.78 is 0. The summed E-state index contributed by atoms with van der Waals surface area (Å²) in [6, 6.07) is 1.90. The number of aliphatic hydroxyl groups is 1. The standard InChI is InChI=1S/C16H25NO2S/c1-11(2)12-3-5-13(6-4-12)16(19)17-9-15(18)14-7-8-20-10-14/h7-8,10-13,15,18H,3-6,9H2,1-2H3,(H,17,19). The molecule has 0 bridgehead atoms. The van der Waals surface area contributed by atoms with Crippen molar-refractivity contribution in [1.29, 1.82) is 0 Å². The summed E-state index contributed by atoms with van der Waals surface area (Å²) in [6.07, 6.45) is 3.70. The molecule has 1 amide bonds. The van der Waals surface area contributed by atoms with Crippen molar-refractivity contribution in [2.75, 3.05) is 6.54 Å². The van der Waals surface area contributed by atoms with Crippen molar-refractivity contribution >= 4 is 17.2 Å². The minimum Gasteiger partial charge on any atom is -0.387 e. The predicted octanol–water partition coefficient (Wildman–Crippen LogP) is 3.36. The van der Waals surface area contributed by atoms with Crippen molar-refractivity contribution in [2.45, 2.75) is 45.6 Å². The third-order valence-electron chi connectivity index (χ3n) is 4.48. The van der Waals surface area contributed by atoms with Crippen LogP contribution in [0.5, 0.6) is 0 Å². The van der Waals surface area contributed by atoms with E-state index in [1.54, 1.807) is 11.3 Å². The first kappa shape index (κ1) is 15.5. The van der Waals surface area contributed by atoms with Gasteiger partial charge in [0.05, 0.1) is 6.10 Å². The molecule has 1 aromatic heterocycles. The molecule has 1 aliphatic carbocycles. The van der Waals surface area contributed by atoms with Gasteiger partial charge < -0.3 is 10.4 Å². The monoisotopic (exact) mass is 295 g/mol. The summed E-state index contributed by atoms with van der Waals surface area (Å²) >= 11 is 1.56. The summed E-state index contributed by atoms with van der Waals surface area (Å²) in [5, 5.41) is 16.7. The highest BCUT2D eigenvalue weighted by Crippen LogP contribution is 2.33. The van der Waals surface area contributed by atoms with Gasteiger partial charge >= 0.3 is 0 Å². The van der Waals surface area contributed by atoms with Crippen LogP contribution in [0.4, 0.5) is 0 Å². The molecule has 0 saturated heterocycles. The number of hydrogen-bond donors (Lipinski definition) is 2. The Morgan fingerprint density at radius 1 is 1.40 bits per heavy atom. The summed E-state index contributed by atoms with van der Waals surface area (Å²) in [7, 11) is 0. The minimum atomic E-state index is -0.586. The van der Waals surface area contributed by atoms with Gasteiger partial charge in [-0.15, -0.1) is 0 Å². The molecule has 3 nitrogen and oxygen atoms in total. The Labute approximate surface area is 125 Å². The molecule has 1 aliphatic rings. The SMILES string of the molecule is CC(C)C1CCC(C(=O)NCC(O)c2ccsc2)CC1. The van der Waals surface area contributed by atoms with E-state index in [0.29, 0.717) is 6.54 Å². The van der Waals surface area contributed by atoms with Crippen molar-refractivity contribution in [1.82, 2.24) is 5.32 Å². The Morgan fingerprint density at radius 2 is 2.10 bits per heavy atom. The molecule has 112 valence electrons. The number of nitrogens with one attached hydrogen (secondary N) is 1. The zero-order valence-electron chi connectivity index (χ0n) is 12.3. The molecule has 0 spiro atoms. The van der Waals surface area contributed by atoms with Crippen LogP contribution in [0, 0.1) is 17.8 Å². The molecule has 1 fully saturated rings. The Morgan fingerprint density at radius 3 is 2.65 bits per heavy atom. The molecular formula is C16H25NO2S. The molecule has 1 atom stereocenters. The maximum Gasteiger partial charge on any atom is 0.223 e. The van der Waals surface area contributed by atoms with Gasteiger partial charge in [-0.05, 0) is 59.9 Å². The molecule has 2 N–H and O–H groups in total. The van der Waals surface area contributed by atoms with Crippen molar-refractivity contribution < 1.29 is 9.90 Å². The van der Waals surface area contributed by atoms with Crippen LogP contribution >= 0.6 is 11.3 Å². The number of hydrogen-bond acceptors (Lipinski definition) is 3. The van der Waals surface area contributed by atoms with E-state index in [4.69, 9.17) is 0 Å². The largest absolute Gasteiger partial charge is 0.387 e. The highest BCUT2D eigenvalue weighted by atomic mass is 32.1. The zero-order chi connectivity index (χ0) is 14.5. The van der Waals surface area contributed by atoms with E-state index in [0.717, 1.165) is 43.1 Å². The summed E-state index contributed by atoms with van der Waals surface area (Å²) in [5.74, 6) is 1.75. The van der Waals surface area contributed by atoms with E-state index in [2.05, 4.69) is 19.2 Å². The third-order valence-corrected chi connectivity index (χ3v) is 5.18. The summed E-state index contributed by atoms with van der Waals surface area (Å²) in [6.45, 7) is 4.85. The Hall–Kier alpha value is -0.870.